The van der Waals surface area contributed by atoms with E-state index in [0.29, 0.717) is 20.7 Å². The maximum atomic E-state index is 12.5. The van der Waals surface area contributed by atoms with Crippen LogP contribution in [0, 0.1) is 6.92 Å². The number of phenols is 1. The Kier molecular flexibility index (Phi) is 5.46. The molecule has 1 atom stereocenters. The van der Waals surface area contributed by atoms with Crippen LogP contribution in [-0.2, 0) is 9.47 Å². The van der Waals surface area contributed by atoms with Gasteiger partial charge in [0.25, 0.3) is 5.56 Å². The SMILES string of the molecule is CCOC(=O)c1sc2nc([C@@H](C)OC(=O)c3ccc(O)cc3)[nH]c(=O)c2c1C. The third kappa shape index (κ3) is 3.74. The number of hydrogen-bond acceptors (Lipinski definition) is 8. The molecular weight excluding hydrogens is 384 g/mol. The Balaban J connectivity index is 1.90. The highest BCUT2D eigenvalue weighted by atomic mass is 32.1. The fourth-order valence-corrected chi connectivity index (χ4v) is 3.71. The van der Waals surface area contributed by atoms with Crippen molar-refractivity contribution in [3.8, 4) is 5.75 Å². The molecule has 3 rings (SSSR count). The summed E-state index contributed by atoms with van der Waals surface area (Å²) in [5.41, 5.74) is 0.342. The van der Waals surface area contributed by atoms with Gasteiger partial charge in [0, 0.05) is 0 Å². The number of fused-ring (bicyclic) bond motifs is 1. The lowest BCUT2D eigenvalue weighted by molar-refractivity contribution is 0.0319. The average molecular weight is 402 g/mol. The van der Waals surface area contributed by atoms with Crippen LogP contribution in [0.4, 0.5) is 0 Å². The number of aromatic hydroxyl groups is 1. The van der Waals surface area contributed by atoms with E-state index in [-0.39, 0.29) is 23.7 Å². The summed E-state index contributed by atoms with van der Waals surface area (Å²) in [6.45, 7) is 5.17. The zero-order chi connectivity index (χ0) is 20.4. The minimum atomic E-state index is -0.827. The summed E-state index contributed by atoms with van der Waals surface area (Å²) in [7, 11) is 0. The highest BCUT2D eigenvalue weighted by Crippen LogP contribution is 2.28. The fourth-order valence-electron chi connectivity index (χ4n) is 2.63. The minimum Gasteiger partial charge on any atom is -0.508 e. The standard InChI is InChI=1S/C19H18N2O6S/c1-4-26-19(25)14-9(2)13-16(23)20-15(21-17(13)28-14)10(3)27-18(24)11-5-7-12(22)8-6-11/h5-8,10,22H,4H2,1-3H3,(H,20,21,23)/t10-/m1/s1. The Morgan fingerprint density at radius 3 is 2.57 bits per heavy atom. The van der Waals surface area contributed by atoms with Gasteiger partial charge in [-0.25, -0.2) is 14.6 Å². The number of benzene rings is 1. The van der Waals surface area contributed by atoms with Crippen LogP contribution in [0.25, 0.3) is 10.2 Å². The molecule has 0 fully saturated rings. The molecule has 8 nitrogen and oxygen atoms in total. The number of carbonyl (C=O) groups is 2. The fraction of sp³-hybridized carbons (Fsp3) is 0.263. The summed E-state index contributed by atoms with van der Waals surface area (Å²) in [6.07, 6.45) is -0.827. The molecule has 1 aromatic carbocycles. The second kappa shape index (κ2) is 7.81. The lowest BCUT2D eigenvalue weighted by Crippen LogP contribution is -2.17. The molecule has 2 aromatic heterocycles. The summed E-state index contributed by atoms with van der Waals surface area (Å²) in [5, 5.41) is 9.61. The van der Waals surface area contributed by atoms with Gasteiger partial charge < -0.3 is 19.6 Å². The van der Waals surface area contributed by atoms with Crippen molar-refractivity contribution in [3.63, 3.8) is 0 Å². The van der Waals surface area contributed by atoms with Crippen LogP contribution < -0.4 is 5.56 Å². The van der Waals surface area contributed by atoms with Gasteiger partial charge in [0.15, 0.2) is 11.9 Å². The van der Waals surface area contributed by atoms with Crippen LogP contribution in [0.3, 0.4) is 0 Å². The Bertz CT molecular complexity index is 1100. The Hall–Kier alpha value is -3.20. The average Bonchev–Trinajstić information content (AvgIpc) is 2.99. The van der Waals surface area contributed by atoms with Gasteiger partial charge in [-0.2, -0.15) is 0 Å². The number of aromatic nitrogens is 2. The van der Waals surface area contributed by atoms with E-state index in [2.05, 4.69) is 9.97 Å². The van der Waals surface area contributed by atoms with Gasteiger partial charge in [-0.15, -0.1) is 11.3 Å². The molecule has 9 heteroatoms. The predicted molar refractivity (Wildman–Crippen MR) is 103 cm³/mol. The Morgan fingerprint density at radius 2 is 1.93 bits per heavy atom. The lowest BCUT2D eigenvalue weighted by Gasteiger charge is -2.12. The third-order valence-electron chi connectivity index (χ3n) is 4.05. The van der Waals surface area contributed by atoms with Crippen molar-refractivity contribution in [1.29, 1.82) is 0 Å². The smallest absolute Gasteiger partial charge is 0.348 e. The van der Waals surface area contributed by atoms with Gasteiger partial charge >= 0.3 is 11.9 Å². The molecule has 0 radical (unpaired) electrons. The van der Waals surface area contributed by atoms with Crippen molar-refractivity contribution < 1.29 is 24.2 Å². The molecule has 2 heterocycles. The van der Waals surface area contributed by atoms with Crippen molar-refractivity contribution in [3.05, 3.63) is 56.4 Å². The van der Waals surface area contributed by atoms with E-state index in [9.17, 15) is 19.5 Å². The van der Waals surface area contributed by atoms with Gasteiger partial charge in [0.2, 0.25) is 0 Å². The number of nitrogens with zero attached hydrogens (tertiary/aromatic N) is 1. The van der Waals surface area contributed by atoms with Crippen LogP contribution in [0.5, 0.6) is 5.75 Å². The molecular formula is C19H18N2O6S. The molecule has 0 saturated heterocycles. The van der Waals surface area contributed by atoms with Gasteiger partial charge in [0.1, 0.15) is 15.5 Å². The number of aromatic amines is 1. The van der Waals surface area contributed by atoms with E-state index < -0.39 is 23.6 Å². The normalized spacial score (nSPS) is 12.0. The maximum Gasteiger partial charge on any atom is 0.348 e. The summed E-state index contributed by atoms with van der Waals surface area (Å²) < 4.78 is 10.4. The monoisotopic (exact) mass is 402 g/mol. The molecule has 28 heavy (non-hydrogen) atoms. The van der Waals surface area contributed by atoms with Gasteiger partial charge in [0.05, 0.1) is 17.6 Å². The molecule has 0 saturated carbocycles. The van der Waals surface area contributed by atoms with Gasteiger partial charge in [-0.1, -0.05) is 0 Å². The van der Waals surface area contributed by atoms with Crippen molar-refractivity contribution in [1.82, 2.24) is 9.97 Å². The first kappa shape index (κ1) is 19.6. The van der Waals surface area contributed by atoms with E-state index >= 15 is 0 Å². The second-order valence-electron chi connectivity index (χ2n) is 6.00. The van der Waals surface area contributed by atoms with Crippen molar-refractivity contribution in [2.45, 2.75) is 26.9 Å². The first-order valence-electron chi connectivity index (χ1n) is 8.52. The summed E-state index contributed by atoms with van der Waals surface area (Å²) >= 11 is 1.06. The molecule has 0 bridgehead atoms. The number of nitrogens with one attached hydrogen (secondary N) is 1. The molecule has 0 aliphatic carbocycles. The lowest BCUT2D eigenvalue weighted by atomic mass is 10.2. The number of hydrogen-bond donors (Lipinski definition) is 2. The highest BCUT2D eigenvalue weighted by Gasteiger charge is 2.22. The van der Waals surface area contributed by atoms with E-state index in [1.54, 1.807) is 20.8 Å². The number of aryl methyl sites for hydroxylation is 1. The third-order valence-corrected chi connectivity index (χ3v) is 5.22. The van der Waals surface area contributed by atoms with E-state index in [1.807, 2.05) is 0 Å². The first-order valence-corrected chi connectivity index (χ1v) is 9.34. The van der Waals surface area contributed by atoms with Crippen molar-refractivity contribution in [2.24, 2.45) is 0 Å². The number of esters is 2. The number of carbonyl (C=O) groups excluding carboxylic acids is 2. The second-order valence-corrected chi connectivity index (χ2v) is 7.00. The molecule has 3 aromatic rings. The zero-order valence-electron chi connectivity index (χ0n) is 15.4. The van der Waals surface area contributed by atoms with Crippen molar-refractivity contribution >= 4 is 33.5 Å². The molecule has 0 aliphatic rings. The molecule has 0 spiro atoms. The number of rotatable bonds is 5. The number of ether oxygens (including phenoxy) is 2. The number of thiophene rings is 1. The van der Waals surface area contributed by atoms with E-state index in [4.69, 9.17) is 9.47 Å². The van der Waals surface area contributed by atoms with E-state index in [0.717, 1.165) is 11.3 Å². The molecule has 146 valence electrons. The summed E-state index contributed by atoms with van der Waals surface area (Å²) in [4.78, 5) is 44.4. The topological polar surface area (TPSA) is 119 Å². The Morgan fingerprint density at radius 1 is 1.25 bits per heavy atom. The van der Waals surface area contributed by atoms with Gasteiger partial charge in [-0.05, 0) is 50.6 Å². The maximum absolute atomic E-state index is 12.5. The Labute approximate surface area is 163 Å². The van der Waals surface area contributed by atoms with Crippen LogP contribution >= 0.6 is 11.3 Å². The largest absolute Gasteiger partial charge is 0.508 e. The summed E-state index contributed by atoms with van der Waals surface area (Å²) in [5.74, 6) is -0.923. The molecule has 0 amide bonds. The molecule has 0 aliphatic heterocycles. The summed E-state index contributed by atoms with van der Waals surface area (Å²) in [6, 6.07) is 5.60. The molecule has 0 unspecified atom stereocenters. The van der Waals surface area contributed by atoms with Crippen LogP contribution in [0.15, 0.2) is 29.1 Å². The van der Waals surface area contributed by atoms with Crippen LogP contribution in [0.1, 0.15) is 51.4 Å². The first-order chi connectivity index (χ1) is 13.3. The minimum absolute atomic E-state index is 0.0338. The van der Waals surface area contributed by atoms with E-state index in [1.165, 1.54) is 24.3 Å². The van der Waals surface area contributed by atoms with Gasteiger partial charge in [-0.3, -0.25) is 4.79 Å². The predicted octanol–water partition coefficient (Wildman–Crippen LogP) is 3.09. The number of phenolic OH excluding ortho intramolecular Hbond substituents is 1. The highest BCUT2D eigenvalue weighted by molar-refractivity contribution is 7.20. The number of H-pyrrole nitrogens is 1. The molecule has 2 N–H and O–H groups in total. The quantitative estimate of drug-likeness (QED) is 0.630. The van der Waals surface area contributed by atoms with Crippen LogP contribution in [-0.4, -0.2) is 33.6 Å². The zero-order valence-corrected chi connectivity index (χ0v) is 16.3. The van der Waals surface area contributed by atoms with Crippen molar-refractivity contribution in [2.75, 3.05) is 6.61 Å². The van der Waals surface area contributed by atoms with Crippen LogP contribution in [0.2, 0.25) is 0 Å².